The lowest BCUT2D eigenvalue weighted by Crippen LogP contribution is -2.10. The largest absolute Gasteiger partial charge is 0.392 e. The zero-order valence-corrected chi connectivity index (χ0v) is 6.96. The lowest BCUT2D eigenvalue weighted by molar-refractivity contribution is 0.158. The van der Waals surface area contributed by atoms with Crippen LogP contribution in [0.1, 0.15) is 17.2 Å². The molecule has 0 unspecified atom stereocenters. The fourth-order valence-corrected chi connectivity index (χ4v) is 1.75. The minimum absolute atomic E-state index is 0.402. The van der Waals surface area contributed by atoms with Crippen molar-refractivity contribution in [2.75, 3.05) is 0 Å². The minimum atomic E-state index is -0.562. The zero-order chi connectivity index (χ0) is 9.26. The van der Waals surface area contributed by atoms with Gasteiger partial charge in [-0.15, -0.1) is 0 Å². The molecule has 0 spiro atoms. The van der Waals surface area contributed by atoms with Crippen LogP contribution in [0.15, 0.2) is 29.4 Å². The van der Waals surface area contributed by atoms with Gasteiger partial charge < -0.3 is 5.11 Å². The van der Waals surface area contributed by atoms with Gasteiger partial charge in [-0.05, 0) is 23.1 Å². The van der Waals surface area contributed by atoms with E-state index in [9.17, 15) is 5.11 Å². The average Bonchev–Trinajstić information content (AvgIpc) is 2.44. The van der Waals surface area contributed by atoms with Crippen LogP contribution in [0.4, 0.5) is 0 Å². The zero-order valence-electron chi connectivity index (χ0n) is 6.96. The topological polar surface area (TPSA) is 69.0 Å². The predicted molar refractivity (Wildman–Crippen MR) is 48.0 cm³/mol. The van der Waals surface area contributed by atoms with Gasteiger partial charge in [-0.3, -0.25) is 0 Å². The molecule has 4 heteroatoms. The van der Waals surface area contributed by atoms with E-state index < -0.39 is 12.1 Å². The van der Waals surface area contributed by atoms with Crippen LogP contribution in [0, 0.1) is 0 Å². The van der Waals surface area contributed by atoms with Gasteiger partial charge in [0.1, 0.15) is 0 Å². The molecule has 0 saturated heterocycles. The van der Waals surface area contributed by atoms with Crippen molar-refractivity contribution in [1.29, 1.82) is 0 Å². The van der Waals surface area contributed by atoms with E-state index in [0.29, 0.717) is 6.42 Å². The van der Waals surface area contributed by atoms with E-state index in [0.717, 1.165) is 11.1 Å². The molecule has 1 N–H and O–H groups in total. The molecule has 13 heavy (non-hydrogen) atoms. The third-order valence-electron chi connectivity index (χ3n) is 2.34. The molecule has 1 aromatic rings. The number of aliphatic hydroxyl groups is 1. The molecule has 4 nitrogen and oxygen atoms in total. The number of hydrogen-bond donors (Lipinski definition) is 1. The van der Waals surface area contributed by atoms with Crippen molar-refractivity contribution in [2.45, 2.75) is 18.6 Å². The molecule has 0 amide bonds. The normalized spacial score (nSPS) is 25.0. The van der Waals surface area contributed by atoms with Gasteiger partial charge in [-0.25, -0.2) is 0 Å². The Hall–Kier alpha value is -1.51. The second-order valence-corrected chi connectivity index (χ2v) is 3.12. The van der Waals surface area contributed by atoms with Gasteiger partial charge in [0, 0.05) is 4.91 Å². The smallest absolute Gasteiger partial charge is 0.0890 e. The fourth-order valence-electron chi connectivity index (χ4n) is 1.75. The summed E-state index contributed by atoms with van der Waals surface area (Å²) in [6.45, 7) is 0. The van der Waals surface area contributed by atoms with Crippen LogP contribution < -0.4 is 0 Å². The van der Waals surface area contributed by atoms with Crippen molar-refractivity contribution < 1.29 is 5.11 Å². The van der Waals surface area contributed by atoms with E-state index in [-0.39, 0.29) is 0 Å². The van der Waals surface area contributed by atoms with Crippen LogP contribution in [0.2, 0.25) is 0 Å². The molecule has 0 heterocycles. The summed E-state index contributed by atoms with van der Waals surface area (Å²) in [5.74, 6) is 0. The average molecular weight is 175 g/mol. The first-order valence-corrected chi connectivity index (χ1v) is 4.13. The number of aliphatic hydroxyl groups excluding tert-OH is 1. The van der Waals surface area contributed by atoms with E-state index in [1.54, 1.807) is 0 Å². The summed E-state index contributed by atoms with van der Waals surface area (Å²) in [5.41, 5.74) is 10.3. The Labute approximate surface area is 75.4 Å². The quantitative estimate of drug-likeness (QED) is 0.395. The first kappa shape index (κ1) is 8.10. The van der Waals surface area contributed by atoms with Crippen molar-refractivity contribution in [3.63, 3.8) is 0 Å². The number of benzene rings is 1. The number of hydrogen-bond acceptors (Lipinski definition) is 2. The highest BCUT2D eigenvalue weighted by molar-refractivity contribution is 5.36. The van der Waals surface area contributed by atoms with E-state index in [1.165, 1.54) is 0 Å². The molecular formula is C9H9N3O. The molecule has 0 aliphatic heterocycles. The van der Waals surface area contributed by atoms with Crippen molar-refractivity contribution in [1.82, 2.24) is 0 Å². The van der Waals surface area contributed by atoms with Gasteiger partial charge in [-0.2, -0.15) is 0 Å². The van der Waals surface area contributed by atoms with Gasteiger partial charge in [-0.1, -0.05) is 29.4 Å². The second kappa shape index (κ2) is 3.09. The van der Waals surface area contributed by atoms with E-state index in [1.807, 2.05) is 24.3 Å². The van der Waals surface area contributed by atoms with E-state index >= 15 is 0 Å². The summed E-state index contributed by atoms with van der Waals surface area (Å²) >= 11 is 0. The minimum Gasteiger partial charge on any atom is -0.392 e. The van der Waals surface area contributed by atoms with Crippen molar-refractivity contribution in [2.24, 2.45) is 5.11 Å². The van der Waals surface area contributed by atoms with Crippen LogP contribution in [0.3, 0.4) is 0 Å². The first-order chi connectivity index (χ1) is 6.33. The molecule has 1 aliphatic rings. The van der Waals surface area contributed by atoms with Crippen molar-refractivity contribution >= 4 is 0 Å². The Morgan fingerprint density at radius 2 is 2.23 bits per heavy atom. The van der Waals surface area contributed by atoms with Crippen molar-refractivity contribution in [3.05, 3.63) is 45.8 Å². The third-order valence-corrected chi connectivity index (χ3v) is 2.34. The molecule has 0 saturated carbocycles. The maximum Gasteiger partial charge on any atom is 0.0890 e. The van der Waals surface area contributed by atoms with Crippen molar-refractivity contribution in [3.8, 4) is 0 Å². The number of nitrogens with zero attached hydrogens (tertiary/aromatic N) is 3. The molecule has 0 bridgehead atoms. The molecule has 2 rings (SSSR count). The molecule has 0 aromatic heterocycles. The summed E-state index contributed by atoms with van der Waals surface area (Å²) in [6, 6.07) is 7.25. The van der Waals surface area contributed by atoms with Crippen LogP contribution >= 0.6 is 0 Å². The Kier molecular flexibility index (Phi) is 1.93. The summed E-state index contributed by atoms with van der Waals surface area (Å²) < 4.78 is 0. The van der Waals surface area contributed by atoms with Crippen LogP contribution in [0.5, 0.6) is 0 Å². The molecule has 66 valence electrons. The summed E-state index contributed by atoms with van der Waals surface area (Å²) in [5, 5.41) is 13.2. The highest BCUT2D eigenvalue weighted by Crippen LogP contribution is 2.34. The first-order valence-electron chi connectivity index (χ1n) is 4.13. The third kappa shape index (κ3) is 1.26. The summed E-state index contributed by atoms with van der Waals surface area (Å²) in [7, 11) is 0. The number of rotatable bonds is 1. The Morgan fingerprint density at radius 3 is 3.00 bits per heavy atom. The fraction of sp³-hybridized carbons (Fsp3) is 0.333. The maximum absolute atomic E-state index is 9.58. The maximum atomic E-state index is 9.58. The molecule has 1 aliphatic carbocycles. The van der Waals surface area contributed by atoms with Crippen LogP contribution in [0.25, 0.3) is 10.4 Å². The predicted octanol–water partition coefficient (Wildman–Crippen LogP) is 1.95. The van der Waals surface area contributed by atoms with E-state index in [2.05, 4.69) is 10.0 Å². The monoisotopic (exact) mass is 175 g/mol. The number of fused-ring (bicyclic) bond motifs is 1. The number of azide groups is 1. The van der Waals surface area contributed by atoms with Gasteiger partial charge >= 0.3 is 0 Å². The SMILES string of the molecule is [N-]=[N+]=N[C@@H]1c2ccccc2C[C@H]1O. The Bertz CT molecular complexity index is 371. The lowest BCUT2D eigenvalue weighted by Gasteiger charge is -2.07. The molecule has 1 aromatic carbocycles. The highest BCUT2D eigenvalue weighted by atomic mass is 16.3. The molecule has 0 fully saturated rings. The van der Waals surface area contributed by atoms with Gasteiger partial charge in [0.05, 0.1) is 12.1 Å². The molecule has 2 atom stereocenters. The summed E-state index contributed by atoms with van der Waals surface area (Å²) in [6.07, 6.45) is 0.0214. The molecule has 0 radical (unpaired) electrons. The van der Waals surface area contributed by atoms with Gasteiger partial charge in [0.15, 0.2) is 0 Å². The molecular weight excluding hydrogens is 166 g/mol. The lowest BCUT2D eigenvalue weighted by atomic mass is 10.1. The Balaban J connectivity index is 2.46. The van der Waals surface area contributed by atoms with Crippen LogP contribution in [-0.4, -0.2) is 11.2 Å². The van der Waals surface area contributed by atoms with Crippen LogP contribution in [-0.2, 0) is 6.42 Å². The van der Waals surface area contributed by atoms with E-state index in [4.69, 9.17) is 5.53 Å². The Morgan fingerprint density at radius 1 is 1.46 bits per heavy atom. The standard InChI is InChI=1S/C9H9N3O/c10-12-11-9-7-4-2-1-3-6(7)5-8(9)13/h1-4,8-9,13H,5H2/t8-,9-/m1/s1. The second-order valence-electron chi connectivity index (χ2n) is 3.12. The highest BCUT2D eigenvalue weighted by Gasteiger charge is 2.29. The van der Waals surface area contributed by atoms with Gasteiger partial charge in [0.2, 0.25) is 0 Å². The van der Waals surface area contributed by atoms with Gasteiger partial charge in [0.25, 0.3) is 0 Å². The summed E-state index contributed by atoms with van der Waals surface area (Å²) in [4.78, 5) is 2.73.